The lowest BCUT2D eigenvalue weighted by molar-refractivity contribution is -0.638. The zero-order valence-corrected chi connectivity index (χ0v) is 23.5. The van der Waals surface area contributed by atoms with Crippen molar-refractivity contribution in [1.29, 1.82) is 0 Å². The van der Waals surface area contributed by atoms with Gasteiger partial charge in [-0.1, -0.05) is 109 Å². The van der Waals surface area contributed by atoms with Crippen LogP contribution in [0.15, 0.2) is 115 Å². The van der Waals surface area contributed by atoms with Crippen LogP contribution in [0, 0.1) is 0 Å². The van der Waals surface area contributed by atoms with Crippen molar-refractivity contribution in [2.24, 2.45) is 0 Å². The molecule has 4 aromatic carbocycles. The Morgan fingerprint density at radius 3 is 2.00 bits per heavy atom. The van der Waals surface area contributed by atoms with Crippen LogP contribution < -0.4 is 0 Å². The Balaban J connectivity index is 1.23. The summed E-state index contributed by atoms with van der Waals surface area (Å²) in [4.78, 5) is 0. The summed E-state index contributed by atoms with van der Waals surface area (Å²) in [6.45, 7) is 2.11. The van der Waals surface area contributed by atoms with Gasteiger partial charge in [0.25, 0.3) is 6.23 Å². The average molecular weight is 563 g/mol. The first-order valence-electron chi connectivity index (χ1n) is 14.8. The van der Waals surface area contributed by atoms with Gasteiger partial charge in [-0.05, 0) is 22.8 Å². The number of ether oxygens (including phenoxy) is 5. The van der Waals surface area contributed by atoms with E-state index in [-0.39, 0.29) is 18.4 Å². The molecule has 2 fully saturated rings. The van der Waals surface area contributed by atoms with E-state index in [1.54, 1.807) is 0 Å². The Hall–Kier alpha value is -3.65. The lowest BCUT2D eigenvalue weighted by atomic mass is 9.94. The van der Waals surface area contributed by atoms with Crippen molar-refractivity contribution < 1.29 is 28.3 Å². The van der Waals surface area contributed by atoms with E-state index in [1.807, 2.05) is 66.7 Å². The molecule has 3 aliphatic heterocycles. The fraction of sp³-hybridized carbons (Fsp3) is 0.306. The minimum Gasteiger partial charge on any atom is -0.368 e. The smallest absolute Gasteiger partial charge is 0.287 e. The fourth-order valence-corrected chi connectivity index (χ4v) is 6.09. The molecular weight excluding hydrogens is 526 g/mol. The zero-order chi connectivity index (χ0) is 28.1. The molecule has 7 rings (SSSR count). The second kappa shape index (κ2) is 12.7. The first-order valence-corrected chi connectivity index (χ1v) is 14.8. The van der Waals surface area contributed by atoms with E-state index in [4.69, 9.17) is 23.7 Å². The first kappa shape index (κ1) is 27.2. The largest absolute Gasteiger partial charge is 0.368 e. The minimum absolute atomic E-state index is 0.308. The highest BCUT2D eigenvalue weighted by Gasteiger charge is 2.55. The molecule has 3 heterocycles. The van der Waals surface area contributed by atoms with E-state index < -0.39 is 18.5 Å². The fourth-order valence-electron chi connectivity index (χ4n) is 6.09. The van der Waals surface area contributed by atoms with Gasteiger partial charge in [0.2, 0.25) is 0 Å². The molecule has 2 saturated heterocycles. The minimum atomic E-state index is -0.501. The summed E-state index contributed by atoms with van der Waals surface area (Å²) in [6, 6.07) is 39.1. The average Bonchev–Trinajstić information content (AvgIpc) is 3.07. The molecule has 0 unspecified atom stereocenters. The van der Waals surface area contributed by atoms with Crippen molar-refractivity contribution in [2.75, 3.05) is 13.2 Å². The predicted octanol–water partition coefficient (Wildman–Crippen LogP) is 5.68. The van der Waals surface area contributed by atoms with Gasteiger partial charge in [0, 0.05) is 17.5 Å². The zero-order valence-electron chi connectivity index (χ0n) is 23.5. The third-order valence-corrected chi connectivity index (χ3v) is 8.27. The van der Waals surface area contributed by atoms with E-state index in [1.165, 1.54) is 11.1 Å². The molecule has 6 nitrogen and oxygen atoms in total. The molecule has 0 bridgehead atoms. The van der Waals surface area contributed by atoms with Crippen LogP contribution in [0.5, 0.6) is 0 Å². The molecule has 0 saturated carbocycles. The van der Waals surface area contributed by atoms with Crippen molar-refractivity contribution in [2.45, 2.75) is 56.6 Å². The standard InChI is InChI=1S/C36H36NO5/c1-4-12-26(13-5-1)23-38-33-32-31(25-40-36(42-32)29-17-8-3-9-18-29)41-35(34(33)39-24-27-14-6-2-7-15-27)37-21-20-28-16-10-11-19-30(28)22-37/h1-19,22,31-36H,20-21,23-25H2/q+1/t31-,32+,33+,34-,35-,36+/m1/s1. The molecule has 0 spiro atoms. The van der Waals surface area contributed by atoms with Gasteiger partial charge in [0.1, 0.15) is 24.9 Å². The normalized spacial score (nSPS) is 27.0. The van der Waals surface area contributed by atoms with Crippen LogP contribution >= 0.6 is 0 Å². The molecule has 0 radical (unpaired) electrons. The molecule has 4 aromatic rings. The summed E-state index contributed by atoms with van der Waals surface area (Å²) in [5.41, 5.74) is 5.73. The molecule has 0 aromatic heterocycles. The predicted molar refractivity (Wildman–Crippen MR) is 159 cm³/mol. The maximum atomic E-state index is 6.85. The Morgan fingerprint density at radius 1 is 0.667 bits per heavy atom. The highest BCUT2D eigenvalue weighted by atomic mass is 16.7. The van der Waals surface area contributed by atoms with Gasteiger partial charge < -0.3 is 23.7 Å². The SMILES string of the molecule is C1=[N+]([C@@H]2O[C@@H]3CO[C@H](c4ccccc4)O[C@@H]3[C@H](OCc3ccccc3)[C@H]2OCc2ccccc2)CCc2ccccc21. The maximum Gasteiger partial charge on any atom is 0.287 e. The van der Waals surface area contributed by atoms with Crippen molar-refractivity contribution >= 4 is 6.21 Å². The van der Waals surface area contributed by atoms with Crippen LogP contribution in [-0.2, 0) is 43.3 Å². The van der Waals surface area contributed by atoms with Crippen molar-refractivity contribution in [3.8, 4) is 0 Å². The lowest BCUT2D eigenvalue weighted by Gasteiger charge is -2.47. The summed E-state index contributed by atoms with van der Waals surface area (Å²) < 4.78 is 35.6. The van der Waals surface area contributed by atoms with Gasteiger partial charge in [0.05, 0.1) is 19.8 Å². The van der Waals surface area contributed by atoms with Gasteiger partial charge in [-0.25, -0.2) is 4.58 Å². The second-order valence-electron chi connectivity index (χ2n) is 11.1. The van der Waals surface area contributed by atoms with Crippen molar-refractivity contribution in [3.05, 3.63) is 143 Å². The molecule has 3 aliphatic rings. The highest BCUT2D eigenvalue weighted by molar-refractivity contribution is 5.78. The topological polar surface area (TPSA) is 49.2 Å². The summed E-state index contributed by atoms with van der Waals surface area (Å²) in [5.74, 6) is 0. The number of rotatable bonds is 8. The molecule has 0 amide bonds. The molecule has 42 heavy (non-hydrogen) atoms. The van der Waals surface area contributed by atoms with E-state index in [0.29, 0.717) is 19.8 Å². The van der Waals surface area contributed by atoms with Crippen LogP contribution in [0.1, 0.15) is 34.1 Å². The van der Waals surface area contributed by atoms with Crippen molar-refractivity contribution in [3.63, 3.8) is 0 Å². The molecule has 214 valence electrons. The Morgan fingerprint density at radius 2 is 1.29 bits per heavy atom. The third kappa shape index (κ3) is 5.95. The highest BCUT2D eigenvalue weighted by Crippen LogP contribution is 2.37. The van der Waals surface area contributed by atoms with Gasteiger partial charge in [-0.3, -0.25) is 0 Å². The summed E-state index contributed by atoms with van der Waals surface area (Å²) in [5, 5.41) is 0. The Bertz CT molecular complexity index is 1480. The number of fused-ring (bicyclic) bond motifs is 2. The lowest BCUT2D eigenvalue weighted by Crippen LogP contribution is -2.65. The summed E-state index contributed by atoms with van der Waals surface area (Å²) in [6.07, 6.45) is 0.784. The van der Waals surface area contributed by atoms with Crippen LogP contribution in [-0.4, -0.2) is 54.6 Å². The van der Waals surface area contributed by atoms with Gasteiger partial charge in [0.15, 0.2) is 18.6 Å². The molecule has 0 N–H and O–H groups in total. The quantitative estimate of drug-likeness (QED) is 0.259. The molecule has 0 aliphatic carbocycles. The summed E-state index contributed by atoms with van der Waals surface area (Å²) >= 11 is 0. The summed E-state index contributed by atoms with van der Waals surface area (Å²) in [7, 11) is 0. The van der Waals surface area contributed by atoms with E-state index in [2.05, 4.69) is 59.3 Å². The maximum absolute atomic E-state index is 6.85. The van der Waals surface area contributed by atoms with Gasteiger partial charge >= 0.3 is 0 Å². The van der Waals surface area contributed by atoms with E-state index >= 15 is 0 Å². The second-order valence-corrected chi connectivity index (χ2v) is 11.1. The van der Waals surface area contributed by atoms with E-state index in [0.717, 1.165) is 29.7 Å². The van der Waals surface area contributed by atoms with Gasteiger partial charge in [-0.2, -0.15) is 0 Å². The monoisotopic (exact) mass is 562 g/mol. The number of nitrogens with zero attached hydrogens (tertiary/aromatic N) is 1. The van der Waals surface area contributed by atoms with Crippen LogP contribution in [0.25, 0.3) is 0 Å². The third-order valence-electron chi connectivity index (χ3n) is 8.27. The number of hydrogen-bond donors (Lipinski definition) is 0. The molecular formula is C36H36NO5+. The molecule has 6 atom stereocenters. The van der Waals surface area contributed by atoms with Crippen molar-refractivity contribution in [1.82, 2.24) is 0 Å². The van der Waals surface area contributed by atoms with Crippen LogP contribution in [0.3, 0.4) is 0 Å². The number of benzene rings is 4. The Kier molecular flexibility index (Phi) is 8.22. The van der Waals surface area contributed by atoms with Crippen LogP contribution in [0.4, 0.5) is 0 Å². The first-order chi connectivity index (χ1) is 20.8. The van der Waals surface area contributed by atoms with Crippen LogP contribution in [0.2, 0.25) is 0 Å². The number of hydrogen-bond acceptors (Lipinski definition) is 5. The van der Waals surface area contributed by atoms with Gasteiger partial charge in [-0.15, -0.1) is 0 Å². The van der Waals surface area contributed by atoms with E-state index in [9.17, 15) is 0 Å². The molecule has 6 heteroatoms. The Labute approximate surface area is 247 Å².